The maximum absolute atomic E-state index is 12.3. The zero-order valence-electron chi connectivity index (χ0n) is 16.3. The molecule has 2 aromatic heterocycles. The van der Waals surface area contributed by atoms with Crippen LogP contribution in [0.15, 0.2) is 42.7 Å². The summed E-state index contributed by atoms with van der Waals surface area (Å²) in [5.74, 6) is -0.432. The third-order valence-electron chi connectivity index (χ3n) is 5.80. The molecule has 3 aromatic rings. The molecule has 0 bridgehead atoms. The molecule has 5 rings (SSSR count). The number of nitrogens with one attached hydrogen (secondary N) is 3. The third-order valence-corrected chi connectivity index (χ3v) is 5.80. The van der Waals surface area contributed by atoms with Crippen LogP contribution in [0.4, 0.5) is 4.79 Å². The first kappa shape index (κ1) is 18.3. The molecule has 3 heterocycles. The van der Waals surface area contributed by atoms with Crippen molar-refractivity contribution in [1.82, 2.24) is 30.5 Å². The van der Waals surface area contributed by atoms with Crippen LogP contribution in [-0.4, -0.2) is 46.0 Å². The first-order valence-corrected chi connectivity index (χ1v) is 9.80. The molecule has 1 unspecified atom stereocenters. The van der Waals surface area contributed by atoms with Crippen LogP contribution in [0.2, 0.25) is 0 Å². The highest BCUT2D eigenvalue weighted by atomic mass is 16.2. The van der Waals surface area contributed by atoms with Gasteiger partial charge in [-0.3, -0.25) is 14.9 Å². The Morgan fingerprint density at radius 2 is 2.00 bits per heavy atom. The maximum Gasteiger partial charge on any atom is 0.321 e. The fourth-order valence-corrected chi connectivity index (χ4v) is 4.11. The number of carbonyl (C=O) groups excluding carboxylic acids is 3. The number of amides is 4. The molecule has 152 valence electrons. The van der Waals surface area contributed by atoms with Crippen molar-refractivity contribution < 1.29 is 14.4 Å². The average Bonchev–Trinajstić information content (AvgIpc) is 3.41. The molecule has 2 fully saturated rings. The largest absolute Gasteiger partial charge is 0.355 e. The lowest BCUT2D eigenvalue weighted by molar-refractivity contribution is -0.122. The Morgan fingerprint density at radius 1 is 1.20 bits per heavy atom. The summed E-state index contributed by atoms with van der Waals surface area (Å²) in [6.45, 7) is 0.215. The number of imidazole rings is 1. The summed E-state index contributed by atoms with van der Waals surface area (Å²) in [5, 5.41) is 12.1. The van der Waals surface area contributed by atoms with Crippen LogP contribution >= 0.6 is 0 Å². The van der Waals surface area contributed by atoms with E-state index in [1.54, 1.807) is 24.0 Å². The zero-order chi connectivity index (χ0) is 20.8. The highest BCUT2D eigenvalue weighted by Gasteiger charge is 2.42. The SMILES string of the molecule is CNC(=O)c1ccc([C@H]2C[C@@H]2c2cc(C3CNC(=O)NC3=O)nn3ccnc23)cc1. The van der Waals surface area contributed by atoms with E-state index in [1.807, 2.05) is 30.3 Å². The minimum Gasteiger partial charge on any atom is -0.355 e. The van der Waals surface area contributed by atoms with Crippen molar-refractivity contribution in [3.05, 3.63) is 65.1 Å². The van der Waals surface area contributed by atoms with E-state index in [2.05, 4.69) is 26.0 Å². The summed E-state index contributed by atoms with van der Waals surface area (Å²) < 4.78 is 1.69. The summed E-state index contributed by atoms with van der Waals surface area (Å²) in [6.07, 6.45) is 4.41. The first-order chi connectivity index (χ1) is 14.5. The fraction of sp³-hybridized carbons (Fsp3) is 0.286. The minimum absolute atomic E-state index is 0.107. The normalized spacial score (nSPS) is 23.0. The number of rotatable bonds is 4. The number of fused-ring (bicyclic) bond motifs is 1. The van der Waals surface area contributed by atoms with Crippen LogP contribution in [0.1, 0.15) is 51.4 Å². The molecule has 1 aliphatic carbocycles. The van der Waals surface area contributed by atoms with Gasteiger partial charge in [0, 0.05) is 37.1 Å². The standard InChI is InChI=1S/C21H20N6O3/c1-22-19(28)12-4-2-11(3-5-12)13-8-14(13)15-9-17(26-27-7-6-23-18(15)27)16-10-24-21(30)25-20(16)29/h2-7,9,13-14,16H,8,10H2,1H3,(H,22,28)(H2,24,25,29,30)/t13-,14+,16?/m1/s1. The smallest absolute Gasteiger partial charge is 0.321 e. The van der Waals surface area contributed by atoms with Gasteiger partial charge in [0.2, 0.25) is 5.91 Å². The van der Waals surface area contributed by atoms with Gasteiger partial charge in [-0.2, -0.15) is 5.10 Å². The Bertz CT molecular complexity index is 1170. The van der Waals surface area contributed by atoms with E-state index in [1.165, 1.54) is 5.56 Å². The Balaban J connectivity index is 1.45. The van der Waals surface area contributed by atoms with Crippen LogP contribution in [-0.2, 0) is 4.79 Å². The molecular weight excluding hydrogens is 384 g/mol. The van der Waals surface area contributed by atoms with Crippen LogP contribution in [0.25, 0.3) is 5.65 Å². The molecule has 9 nitrogen and oxygen atoms in total. The van der Waals surface area contributed by atoms with Crippen LogP contribution in [0.5, 0.6) is 0 Å². The van der Waals surface area contributed by atoms with Crippen molar-refractivity contribution >= 4 is 23.5 Å². The molecule has 2 aliphatic rings. The van der Waals surface area contributed by atoms with Gasteiger partial charge < -0.3 is 10.6 Å². The van der Waals surface area contributed by atoms with E-state index in [0.717, 1.165) is 17.6 Å². The molecule has 0 spiro atoms. The second-order valence-electron chi connectivity index (χ2n) is 7.62. The number of benzene rings is 1. The summed E-state index contributed by atoms with van der Waals surface area (Å²) in [7, 11) is 1.61. The molecule has 30 heavy (non-hydrogen) atoms. The second kappa shape index (κ2) is 6.94. The minimum atomic E-state index is -0.544. The van der Waals surface area contributed by atoms with Gasteiger partial charge >= 0.3 is 6.03 Å². The van der Waals surface area contributed by atoms with E-state index < -0.39 is 11.9 Å². The molecule has 1 saturated carbocycles. The third kappa shape index (κ3) is 3.08. The number of hydrogen-bond acceptors (Lipinski definition) is 5. The molecule has 3 atom stereocenters. The number of urea groups is 1. The van der Waals surface area contributed by atoms with Crippen molar-refractivity contribution in [3.63, 3.8) is 0 Å². The molecule has 4 amide bonds. The van der Waals surface area contributed by atoms with Gasteiger partial charge in [-0.1, -0.05) is 12.1 Å². The van der Waals surface area contributed by atoms with Gasteiger partial charge in [0.15, 0.2) is 5.65 Å². The van der Waals surface area contributed by atoms with Crippen molar-refractivity contribution in [2.24, 2.45) is 0 Å². The molecular formula is C21H20N6O3. The van der Waals surface area contributed by atoms with Gasteiger partial charge in [0.1, 0.15) is 0 Å². The highest BCUT2D eigenvalue weighted by Crippen LogP contribution is 2.55. The van der Waals surface area contributed by atoms with Crippen molar-refractivity contribution in [1.29, 1.82) is 0 Å². The number of aromatic nitrogens is 3. The Hall–Kier alpha value is -3.75. The number of hydrogen-bond donors (Lipinski definition) is 3. The summed E-state index contributed by atoms with van der Waals surface area (Å²) in [4.78, 5) is 39.9. The number of imide groups is 1. The van der Waals surface area contributed by atoms with Gasteiger partial charge in [-0.05, 0) is 42.0 Å². The first-order valence-electron chi connectivity index (χ1n) is 9.80. The topological polar surface area (TPSA) is 117 Å². The van der Waals surface area contributed by atoms with Crippen molar-refractivity contribution in [2.45, 2.75) is 24.2 Å². The lowest BCUT2D eigenvalue weighted by Gasteiger charge is -2.22. The van der Waals surface area contributed by atoms with Gasteiger partial charge in [0.25, 0.3) is 5.91 Å². The lowest BCUT2D eigenvalue weighted by atomic mass is 9.98. The maximum atomic E-state index is 12.3. The van der Waals surface area contributed by atoms with E-state index in [4.69, 9.17) is 0 Å². The summed E-state index contributed by atoms with van der Waals surface area (Å²) in [6, 6.07) is 9.11. The van der Waals surface area contributed by atoms with Gasteiger partial charge in [-0.25, -0.2) is 14.3 Å². The second-order valence-corrected chi connectivity index (χ2v) is 7.62. The molecule has 9 heteroatoms. The van der Waals surface area contributed by atoms with Crippen molar-refractivity contribution in [2.75, 3.05) is 13.6 Å². The lowest BCUT2D eigenvalue weighted by Crippen LogP contribution is -2.51. The van der Waals surface area contributed by atoms with E-state index in [0.29, 0.717) is 17.2 Å². The molecule has 1 saturated heterocycles. The van der Waals surface area contributed by atoms with Crippen LogP contribution < -0.4 is 16.0 Å². The Morgan fingerprint density at radius 3 is 2.73 bits per heavy atom. The Labute approximate surface area is 171 Å². The number of nitrogens with zero attached hydrogens (tertiary/aromatic N) is 3. The molecule has 1 aliphatic heterocycles. The van der Waals surface area contributed by atoms with Gasteiger partial charge in [-0.15, -0.1) is 0 Å². The monoisotopic (exact) mass is 404 g/mol. The van der Waals surface area contributed by atoms with Crippen LogP contribution in [0.3, 0.4) is 0 Å². The predicted octanol–water partition coefficient (Wildman–Crippen LogP) is 1.28. The fourth-order valence-electron chi connectivity index (χ4n) is 4.11. The van der Waals surface area contributed by atoms with Gasteiger partial charge in [0.05, 0.1) is 11.6 Å². The average molecular weight is 404 g/mol. The molecule has 0 radical (unpaired) electrons. The van der Waals surface area contributed by atoms with E-state index in [-0.39, 0.29) is 24.3 Å². The van der Waals surface area contributed by atoms with Crippen molar-refractivity contribution in [3.8, 4) is 0 Å². The Kier molecular flexibility index (Phi) is 4.23. The summed E-state index contributed by atoms with van der Waals surface area (Å²) >= 11 is 0. The van der Waals surface area contributed by atoms with E-state index >= 15 is 0 Å². The number of carbonyl (C=O) groups is 3. The summed E-state index contributed by atoms with van der Waals surface area (Å²) in [5.41, 5.74) is 4.21. The molecule has 3 N–H and O–H groups in total. The zero-order valence-corrected chi connectivity index (χ0v) is 16.3. The predicted molar refractivity (Wildman–Crippen MR) is 107 cm³/mol. The highest BCUT2D eigenvalue weighted by molar-refractivity contribution is 6.00. The quantitative estimate of drug-likeness (QED) is 0.606. The molecule has 1 aromatic carbocycles. The van der Waals surface area contributed by atoms with E-state index in [9.17, 15) is 14.4 Å². The van der Waals surface area contributed by atoms with Crippen LogP contribution in [0, 0.1) is 0 Å².